The van der Waals surface area contributed by atoms with E-state index < -0.39 is 0 Å². The molecule has 11 aromatic rings. The van der Waals surface area contributed by atoms with Crippen LogP contribution in [0.5, 0.6) is 0 Å². The van der Waals surface area contributed by atoms with Crippen LogP contribution in [0.3, 0.4) is 0 Å². The monoisotopic (exact) mass is 1240 g/mol. The second-order valence-corrected chi connectivity index (χ2v) is 31.4. The van der Waals surface area contributed by atoms with E-state index in [1.165, 1.54) is 33.4 Å². The van der Waals surface area contributed by atoms with E-state index in [1.807, 2.05) is 4.40 Å². The fourth-order valence-electron chi connectivity index (χ4n) is 12.0. The van der Waals surface area contributed by atoms with E-state index in [0.717, 1.165) is 67.9 Å². The van der Waals surface area contributed by atoms with Gasteiger partial charge in [-0.15, -0.1) is 24.9 Å². The van der Waals surface area contributed by atoms with Gasteiger partial charge in [0.1, 0.15) is 0 Å². The average Bonchev–Trinajstić information content (AvgIpc) is 0.754. The summed E-state index contributed by atoms with van der Waals surface area (Å²) in [6.07, 6.45) is 0. The number of amidine groups is 1. The van der Waals surface area contributed by atoms with Crippen molar-refractivity contribution < 1.29 is 4.40 Å². The molecule has 0 amide bonds. The van der Waals surface area contributed by atoms with Gasteiger partial charge in [0.15, 0.2) is 0 Å². The maximum absolute atomic E-state index is 5.29. The van der Waals surface area contributed by atoms with Crippen LogP contribution < -0.4 is 24.4 Å². The molecule has 10 heteroatoms. The third kappa shape index (κ3) is 13.5. The number of rotatable bonds is 12. The predicted octanol–water partition coefficient (Wildman–Crippen LogP) is 22.0. The minimum atomic E-state index is 0.0162. The van der Waals surface area contributed by atoms with E-state index in [1.54, 1.807) is 0 Å². The van der Waals surface area contributed by atoms with E-state index in [-0.39, 0.29) is 32.5 Å². The SMILES string of the molecule is CC(C)(C)c1ccc(N(c2ccc(C3=Nc4nc(-c5ccc(N(c6ccc(C(C)(C)C)cc6)c6ccc(C(C)(C)C)cc6)cc5)nc5nc(-c6ccc(N(c7ccc(C(C)(C)C)cc7)c7ccc(C(C)(C)C)cc7)cc6)nc([n+]45)N3)cc2)c2ccc(C(C)(C)C)cc2)cc1. The van der Waals surface area contributed by atoms with Crippen LogP contribution in [0.15, 0.2) is 223 Å². The van der Waals surface area contributed by atoms with Crippen LogP contribution in [-0.2, 0) is 32.5 Å². The third-order valence-electron chi connectivity index (χ3n) is 18.0. The summed E-state index contributed by atoms with van der Waals surface area (Å²) in [5.41, 5.74) is 19.7. The number of aliphatic imine (C=N–C) groups is 1. The van der Waals surface area contributed by atoms with Crippen molar-refractivity contribution in [2.75, 3.05) is 20.0 Å². The van der Waals surface area contributed by atoms with Gasteiger partial charge < -0.3 is 14.7 Å². The van der Waals surface area contributed by atoms with Crippen molar-refractivity contribution >= 4 is 74.7 Å². The van der Waals surface area contributed by atoms with Crippen molar-refractivity contribution in [3.8, 4) is 22.8 Å². The Labute approximate surface area is 558 Å². The smallest absolute Gasteiger partial charge is 0.311 e. The van der Waals surface area contributed by atoms with E-state index in [9.17, 15) is 0 Å². The molecule has 1 N–H and O–H groups in total. The molecule has 1 aliphatic rings. The Hall–Kier alpha value is -9.80. The summed E-state index contributed by atoms with van der Waals surface area (Å²) in [5.74, 6) is 2.90. The van der Waals surface area contributed by atoms with Gasteiger partial charge in [0.05, 0.1) is 0 Å². The quantitative estimate of drug-likeness (QED) is 0.121. The topological polar surface area (TPSA) is 89.8 Å². The Morgan fingerprint density at radius 2 is 0.468 bits per heavy atom. The summed E-state index contributed by atoms with van der Waals surface area (Å²) in [4.78, 5) is 33.3. The maximum atomic E-state index is 5.29. The highest BCUT2D eigenvalue weighted by Crippen LogP contribution is 2.42. The Morgan fingerprint density at radius 1 is 0.255 bits per heavy atom. The van der Waals surface area contributed by atoms with Gasteiger partial charge in [-0.1, -0.05) is 197 Å². The van der Waals surface area contributed by atoms with Gasteiger partial charge in [0.2, 0.25) is 17.5 Å². The molecular formula is C84H91N10+. The zero-order valence-electron chi connectivity index (χ0n) is 58.3. The highest BCUT2D eigenvalue weighted by Gasteiger charge is 2.31. The molecule has 476 valence electrons. The summed E-state index contributed by atoms with van der Waals surface area (Å²) >= 11 is 0. The summed E-state index contributed by atoms with van der Waals surface area (Å²) in [6, 6.07) is 79.2. The van der Waals surface area contributed by atoms with Crippen LogP contribution in [0.2, 0.25) is 0 Å². The molecule has 9 aromatic carbocycles. The summed E-state index contributed by atoms with van der Waals surface area (Å²) < 4.78 is 1.81. The molecule has 0 saturated heterocycles. The molecule has 0 radical (unpaired) electrons. The van der Waals surface area contributed by atoms with Gasteiger partial charge in [0.25, 0.3) is 0 Å². The molecule has 0 spiro atoms. The van der Waals surface area contributed by atoms with Crippen LogP contribution in [0.4, 0.5) is 63.1 Å². The molecule has 0 fully saturated rings. The van der Waals surface area contributed by atoms with Gasteiger partial charge in [-0.25, -0.2) is 0 Å². The zero-order valence-corrected chi connectivity index (χ0v) is 58.3. The normalized spacial score (nSPS) is 12.9. The van der Waals surface area contributed by atoms with Gasteiger partial charge in [-0.3, -0.25) is 5.32 Å². The molecule has 94 heavy (non-hydrogen) atoms. The van der Waals surface area contributed by atoms with E-state index in [2.05, 4.69) is 363 Å². The van der Waals surface area contributed by atoms with Crippen molar-refractivity contribution in [2.45, 2.75) is 157 Å². The number of benzene rings is 9. The van der Waals surface area contributed by atoms with Crippen molar-refractivity contribution in [2.24, 2.45) is 4.99 Å². The van der Waals surface area contributed by atoms with Gasteiger partial charge in [-0.2, -0.15) is 4.40 Å². The summed E-state index contributed by atoms with van der Waals surface area (Å²) in [7, 11) is 0. The minimum absolute atomic E-state index is 0.0162. The zero-order chi connectivity index (χ0) is 66.9. The number of nitrogens with one attached hydrogen (secondary N) is 1. The fraction of sp³-hybridized carbons (Fsp3) is 0.286. The highest BCUT2D eigenvalue weighted by atomic mass is 15.4. The average molecular weight is 1240 g/mol. The third-order valence-corrected chi connectivity index (χ3v) is 18.0. The van der Waals surface area contributed by atoms with Crippen molar-refractivity contribution in [3.63, 3.8) is 0 Å². The molecule has 1 aliphatic heterocycles. The van der Waals surface area contributed by atoms with Crippen LogP contribution in [0, 0.1) is 0 Å². The lowest BCUT2D eigenvalue weighted by Gasteiger charge is -2.28. The number of hydrogen-bond donors (Lipinski definition) is 1. The van der Waals surface area contributed by atoms with Gasteiger partial charge in [-0.05, 0) is 211 Å². The van der Waals surface area contributed by atoms with Gasteiger partial charge in [0, 0.05) is 67.9 Å². The second kappa shape index (κ2) is 24.3. The molecule has 0 bridgehead atoms. The van der Waals surface area contributed by atoms with E-state index in [4.69, 9.17) is 24.9 Å². The minimum Gasteiger partial charge on any atom is -0.311 e. The molecule has 0 saturated carbocycles. The Bertz CT molecular complexity index is 4350. The van der Waals surface area contributed by atoms with Crippen LogP contribution in [-0.4, -0.2) is 25.8 Å². The first-order chi connectivity index (χ1) is 44.3. The van der Waals surface area contributed by atoms with Crippen molar-refractivity contribution in [1.29, 1.82) is 0 Å². The Morgan fingerprint density at radius 3 is 0.702 bits per heavy atom. The number of hydrogen-bond acceptors (Lipinski definition) is 9. The molecule has 12 rings (SSSR count). The second-order valence-electron chi connectivity index (χ2n) is 31.4. The van der Waals surface area contributed by atoms with E-state index >= 15 is 0 Å². The number of anilines is 10. The maximum Gasteiger partial charge on any atom is 0.334 e. The van der Waals surface area contributed by atoms with Crippen LogP contribution in [0.1, 0.15) is 164 Å². The molecule has 0 atom stereocenters. The molecule has 2 aromatic heterocycles. The molecule has 0 unspecified atom stereocenters. The lowest BCUT2D eigenvalue weighted by molar-refractivity contribution is -0.494. The fourth-order valence-corrected chi connectivity index (χ4v) is 12.0. The molecule has 10 nitrogen and oxygen atoms in total. The standard InChI is InChI=1S/C84H90N10/c1-79(2,3)58-25-43-67(44-26-58)91(68-45-27-59(28-46-68)80(4,5)6)64-37-19-55(20-38-64)73-85-76-87-74(56-21-39-65(40-22-56)92(69-47-29-60(30-48-69)81(7,8)9)70-49-31-61(32-50-70)82(10,11)12)89-78-90-75(88-77(86-73)94(76)78)57-23-41-66(42-24-57)93(71-51-33-62(34-52-71)83(13,14)15)72-53-35-63(36-54-72)84(16,17)18/h19-54H,1-18H3/p+1. The largest absolute Gasteiger partial charge is 0.334 e. The first kappa shape index (κ1) is 64.3. The lowest BCUT2D eigenvalue weighted by atomic mass is 9.86. The Balaban J connectivity index is 0.955. The van der Waals surface area contributed by atoms with Crippen molar-refractivity contribution in [1.82, 2.24) is 19.9 Å². The van der Waals surface area contributed by atoms with Crippen molar-refractivity contribution in [3.05, 3.63) is 257 Å². The first-order valence-electron chi connectivity index (χ1n) is 33.1. The summed E-state index contributed by atoms with van der Waals surface area (Å²) in [6.45, 7) is 40.5. The summed E-state index contributed by atoms with van der Waals surface area (Å²) in [5, 5.41) is 3.63. The molecule has 0 aliphatic carbocycles. The van der Waals surface area contributed by atoms with Crippen LogP contribution in [0.25, 0.3) is 28.6 Å². The molecular weight excluding hydrogens is 1150 g/mol. The highest BCUT2D eigenvalue weighted by molar-refractivity contribution is 6.09. The lowest BCUT2D eigenvalue weighted by Crippen LogP contribution is -2.38. The number of aromatic nitrogens is 5. The first-order valence-corrected chi connectivity index (χ1v) is 33.1. The van der Waals surface area contributed by atoms with Crippen LogP contribution >= 0.6 is 0 Å². The molecule has 3 heterocycles. The number of nitrogens with zero attached hydrogens (tertiary/aromatic N) is 9. The van der Waals surface area contributed by atoms with Gasteiger partial charge >= 0.3 is 17.7 Å². The van der Waals surface area contributed by atoms with E-state index in [0.29, 0.717) is 35.2 Å². The predicted molar refractivity (Wildman–Crippen MR) is 394 cm³/mol. The Kier molecular flexibility index (Phi) is 16.6.